The van der Waals surface area contributed by atoms with Crippen LogP contribution < -0.4 is 4.90 Å². The molecule has 53 valence electrons. The van der Waals surface area contributed by atoms with Crippen molar-refractivity contribution >= 4 is 0 Å². The summed E-state index contributed by atoms with van der Waals surface area (Å²) in [7, 11) is 4.38. The molecule has 0 aromatic carbocycles. The lowest BCUT2D eigenvalue weighted by molar-refractivity contribution is 0.314. The second kappa shape index (κ2) is 3.21. The van der Waals surface area contributed by atoms with Crippen molar-refractivity contribution in [3.63, 3.8) is 0 Å². The van der Waals surface area contributed by atoms with Gasteiger partial charge in [0.25, 0.3) is 0 Å². The molecule has 0 aromatic rings. The zero-order valence-electron chi connectivity index (χ0n) is 6.56. The van der Waals surface area contributed by atoms with E-state index in [2.05, 4.69) is 19.0 Å². The maximum atomic E-state index is 2.36. The van der Waals surface area contributed by atoms with Gasteiger partial charge in [-0.05, 0) is 12.8 Å². The molecule has 1 saturated carbocycles. The molecule has 0 heterocycles. The van der Waals surface area contributed by atoms with E-state index in [1.807, 2.05) is 0 Å². The minimum Gasteiger partial charge on any atom is -0.173 e. The second-order valence-electron chi connectivity index (χ2n) is 3.26. The number of hydrogen-bond donors (Lipinski definition) is 0. The molecule has 1 radical (unpaired) electrons. The molecular formula is C8H17N+. The van der Waals surface area contributed by atoms with Gasteiger partial charge in [0, 0.05) is 12.8 Å². The van der Waals surface area contributed by atoms with Gasteiger partial charge in [-0.3, -0.25) is 0 Å². The fraction of sp³-hybridized carbons (Fsp3) is 1.00. The Bertz CT molecular complexity index is 72.6. The molecule has 0 atom stereocenters. The van der Waals surface area contributed by atoms with Gasteiger partial charge in [-0.2, -0.15) is 4.90 Å². The van der Waals surface area contributed by atoms with Gasteiger partial charge in [-0.15, -0.1) is 0 Å². The van der Waals surface area contributed by atoms with E-state index in [0.29, 0.717) is 0 Å². The van der Waals surface area contributed by atoms with Crippen LogP contribution in [0.1, 0.15) is 32.1 Å². The maximum Gasteiger partial charge on any atom is 0.132 e. The van der Waals surface area contributed by atoms with Crippen LogP contribution in [-0.4, -0.2) is 20.1 Å². The van der Waals surface area contributed by atoms with Gasteiger partial charge >= 0.3 is 0 Å². The van der Waals surface area contributed by atoms with Gasteiger partial charge in [0.2, 0.25) is 0 Å². The summed E-state index contributed by atoms with van der Waals surface area (Å²) < 4.78 is 0. The summed E-state index contributed by atoms with van der Waals surface area (Å²) in [6, 6.07) is 0.888. The zero-order chi connectivity index (χ0) is 6.69. The highest BCUT2D eigenvalue weighted by atomic mass is 15.1. The van der Waals surface area contributed by atoms with E-state index in [4.69, 9.17) is 0 Å². The quantitative estimate of drug-likeness (QED) is 0.473. The molecule has 1 rings (SSSR count). The second-order valence-corrected chi connectivity index (χ2v) is 3.26. The SMILES string of the molecule is C[N+](C)C1CCCCC1. The van der Waals surface area contributed by atoms with Crippen LogP contribution in [-0.2, 0) is 0 Å². The van der Waals surface area contributed by atoms with Crippen molar-refractivity contribution in [2.75, 3.05) is 14.1 Å². The van der Waals surface area contributed by atoms with Crippen LogP contribution in [0.5, 0.6) is 0 Å². The molecule has 1 fully saturated rings. The minimum atomic E-state index is 0.888. The first-order valence-electron chi connectivity index (χ1n) is 3.97. The Balaban J connectivity index is 2.23. The van der Waals surface area contributed by atoms with Crippen LogP contribution in [0, 0.1) is 0 Å². The third-order valence-electron chi connectivity index (χ3n) is 2.30. The first kappa shape index (κ1) is 7.07. The molecule has 1 nitrogen and oxygen atoms in total. The fourth-order valence-electron chi connectivity index (χ4n) is 1.60. The molecule has 0 spiro atoms. The molecule has 0 N–H and O–H groups in total. The molecule has 1 aliphatic rings. The van der Waals surface area contributed by atoms with E-state index in [0.717, 1.165) is 6.04 Å². The molecule has 9 heavy (non-hydrogen) atoms. The van der Waals surface area contributed by atoms with Crippen molar-refractivity contribution in [1.29, 1.82) is 0 Å². The fourth-order valence-corrected chi connectivity index (χ4v) is 1.60. The standard InChI is InChI=1S/C8H17N/c1-9(2)8-6-4-3-5-7-8/h8H,3-7H2,1-2H3/q+1. The summed E-state index contributed by atoms with van der Waals surface area (Å²) in [6.45, 7) is 0. The van der Waals surface area contributed by atoms with Gasteiger partial charge in [-0.1, -0.05) is 6.42 Å². The average molecular weight is 127 g/mol. The Hall–Kier alpha value is -0.0400. The number of rotatable bonds is 1. The lowest BCUT2D eigenvalue weighted by Crippen LogP contribution is -2.34. The Kier molecular flexibility index (Phi) is 2.52. The molecule has 0 amide bonds. The molecule has 0 bridgehead atoms. The van der Waals surface area contributed by atoms with E-state index in [1.165, 1.54) is 32.1 Å². The summed E-state index contributed by atoms with van der Waals surface area (Å²) >= 11 is 0. The molecule has 1 heteroatoms. The van der Waals surface area contributed by atoms with Crippen LogP contribution in [0.3, 0.4) is 0 Å². The van der Waals surface area contributed by atoms with E-state index in [1.54, 1.807) is 0 Å². The predicted octanol–water partition coefficient (Wildman–Crippen LogP) is 1.72. The minimum absolute atomic E-state index is 0.888. The van der Waals surface area contributed by atoms with Crippen molar-refractivity contribution in [3.8, 4) is 0 Å². The highest BCUT2D eigenvalue weighted by Gasteiger charge is 2.21. The number of hydrogen-bond acceptors (Lipinski definition) is 1. The first-order chi connectivity index (χ1) is 4.30. The van der Waals surface area contributed by atoms with Crippen LogP contribution in [0.25, 0.3) is 0 Å². The van der Waals surface area contributed by atoms with Crippen LogP contribution in [0.4, 0.5) is 0 Å². The Morgan fingerprint density at radius 2 is 1.56 bits per heavy atom. The highest BCUT2D eigenvalue weighted by Crippen LogP contribution is 2.19. The monoisotopic (exact) mass is 127 g/mol. The average Bonchev–Trinajstić information content (AvgIpc) is 1.90. The van der Waals surface area contributed by atoms with Crippen LogP contribution in [0.2, 0.25) is 0 Å². The molecule has 0 unspecified atom stereocenters. The van der Waals surface area contributed by atoms with Crippen molar-refractivity contribution in [2.24, 2.45) is 0 Å². The van der Waals surface area contributed by atoms with Crippen molar-refractivity contribution in [3.05, 3.63) is 0 Å². The Morgan fingerprint density at radius 3 is 1.89 bits per heavy atom. The molecule has 0 aliphatic heterocycles. The van der Waals surface area contributed by atoms with Crippen molar-refractivity contribution in [1.82, 2.24) is 4.90 Å². The summed E-state index contributed by atoms with van der Waals surface area (Å²) in [4.78, 5) is 2.36. The summed E-state index contributed by atoms with van der Waals surface area (Å²) in [5.74, 6) is 0. The van der Waals surface area contributed by atoms with Gasteiger partial charge < -0.3 is 0 Å². The van der Waals surface area contributed by atoms with E-state index >= 15 is 0 Å². The third-order valence-corrected chi connectivity index (χ3v) is 2.30. The zero-order valence-corrected chi connectivity index (χ0v) is 6.56. The summed E-state index contributed by atoms with van der Waals surface area (Å²) in [6.07, 6.45) is 7.20. The first-order valence-corrected chi connectivity index (χ1v) is 3.97. The highest BCUT2D eigenvalue weighted by molar-refractivity contribution is 4.73. The van der Waals surface area contributed by atoms with E-state index in [9.17, 15) is 0 Å². The summed E-state index contributed by atoms with van der Waals surface area (Å²) in [5, 5.41) is 0. The lowest BCUT2D eigenvalue weighted by atomic mass is 9.95. The molecule has 0 aromatic heterocycles. The Morgan fingerprint density at radius 1 is 1.00 bits per heavy atom. The van der Waals surface area contributed by atoms with Crippen molar-refractivity contribution in [2.45, 2.75) is 38.1 Å². The van der Waals surface area contributed by atoms with E-state index < -0.39 is 0 Å². The van der Waals surface area contributed by atoms with Gasteiger partial charge in [0.1, 0.15) is 20.1 Å². The Labute approximate surface area is 58.0 Å². The van der Waals surface area contributed by atoms with Crippen molar-refractivity contribution < 1.29 is 0 Å². The van der Waals surface area contributed by atoms with Gasteiger partial charge in [-0.25, -0.2) is 0 Å². The topological polar surface area (TPSA) is 5.90 Å². The smallest absolute Gasteiger partial charge is 0.132 e. The summed E-state index contributed by atoms with van der Waals surface area (Å²) in [5.41, 5.74) is 0. The van der Waals surface area contributed by atoms with Gasteiger partial charge in [0.15, 0.2) is 0 Å². The van der Waals surface area contributed by atoms with Crippen LogP contribution >= 0.6 is 0 Å². The molecule has 0 saturated heterocycles. The maximum absolute atomic E-state index is 2.36. The predicted molar refractivity (Wildman–Crippen MR) is 40.9 cm³/mol. The van der Waals surface area contributed by atoms with Gasteiger partial charge in [0.05, 0.1) is 0 Å². The molecule has 1 aliphatic carbocycles. The lowest BCUT2D eigenvalue weighted by Gasteiger charge is -2.19. The number of nitrogens with zero attached hydrogens (tertiary/aromatic N) is 1. The van der Waals surface area contributed by atoms with E-state index in [-0.39, 0.29) is 0 Å². The molecular weight excluding hydrogens is 110 g/mol. The largest absolute Gasteiger partial charge is 0.173 e. The normalized spacial score (nSPS) is 23.0. The third kappa shape index (κ3) is 1.98. The van der Waals surface area contributed by atoms with Crippen LogP contribution in [0.15, 0.2) is 0 Å².